The van der Waals surface area contributed by atoms with Crippen molar-refractivity contribution in [3.63, 3.8) is 0 Å². The van der Waals surface area contributed by atoms with Crippen molar-refractivity contribution in [2.24, 2.45) is 0 Å². The summed E-state index contributed by atoms with van der Waals surface area (Å²) in [4.78, 5) is 43.0. The summed E-state index contributed by atoms with van der Waals surface area (Å²) in [6, 6.07) is 5.42. The average Bonchev–Trinajstić information content (AvgIpc) is 2.79. The summed E-state index contributed by atoms with van der Waals surface area (Å²) >= 11 is 0. The van der Waals surface area contributed by atoms with E-state index in [9.17, 15) is 9.59 Å². The number of fused-ring (bicyclic) bond motifs is 1. The summed E-state index contributed by atoms with van der Waals surface area (Å²) in [7, 11) is 3.13. The average molecular weight is 421 g/mol. The number of carbonyl (C=O) groups excluding carboxylic acids is 1. The van der Waals surface area contributed by atoms with Crippen molar-refractivity contribution in [3.05, 3.63) is 63.5 Å². The van der Waals surface area contributed by atoms with Gasteiger partial charge in [0.15, 0.2) is 17.3 Å². The Balaban J connectivity index is 1.54. The minimum absolute atomic E-state index is 0.0448. The number of aryl methyl sites for hydroxylation is 1. The van der Waals surface area contributed by atoms with Crippen LogP contribution in [-0.2, 0) is 24.2 Å². The largest absolute Gasteiger partial charge is 0.493 e. The van der Waals surface area contributed by atoms with Crippen molar-refractivity contribution in [3.8, 4) is 23.0 Å². The Morgan fingerprint density at radius 1 is 1.16 bits per heavy atom. The maximum Gasteiger partial charge on any atom is 0.254 e. The zero-order valence-electron chi connectivity index (χ0n) is 17.6. The molecule has 0 atom stereocenters. The number of amides is 1. The zero-order chi connectivity index (χ0) is 22.0. The first-order chi connectivity index (χ1) is 15.0. The smallest absolute Gasteiger partial charge is 0.254 e. The number of nitrogens with zero attached hydrogens (tertiary/aromatic N) is 4. The molecular formula is C22H23N5O4. The van der Waals surface area contributed by atoms with Gasteiger partial charge in [-0.3, -0.25) is 14.6 Å². The molecule has 1 aliphatic heterocycles. The molecule has 0 saturated heterocycles. The predicted molar refractivity (Wildman–Crippen MR) is 113 cm³/mol. The quantitative estimate of drug-likeness (QED) is 0.667. The molecule has 0 aliphatic carbocycles. The van der Waals surface area contributed by atoms with Gasteiger partial charge in [0.25, 0.3) is 5.56 Å². The molecule has 0 spiro atoms. The molecule has 0 unspecified atom stereocenters. The maximum absolute atomic E-state index is 12.9. The molecule has 31 heavy (non-hydrogen) atoms. The predicted octanol–water partition coefficient (Wildman–Crippen LogP) is 1.68. The molecule has 160 valence electrons. The van der Waals surface area contributed by atoms with E-state index in [-0.39, 0.29) is 24.4 Å². The van der Waals surface area contributed by atoms with Crippen LogP contribution in [0.1, 0.15) is 22.5 Å². The topological polar surface area (TPSA) is 110 Å². The molecular weight excluding hydrogens is 398 g/mol. The fraction of sp³-hybridized carbons (Fsp3) is 0.318. The van der Waals surface area contributed by atoms with Gasteiger partial charge in [-0.2, -0.15) is 0 Å². The number of aromatic nitrogens is 4. The third-order valence-corrected chi connectivity index (χ3v) is 5.25. The van der Waals surface area contributed by atoms with Crippen molar-refractivity contribution < 1.29 is 14.3 Å². The van der Waals surface area contributed by atoms with Crippen molar-refractivity contribution in [1.82, 2.24) is 24.8 Å². The molecule has 1 amide bonds. The van der Waals surface area contributed by atoms with Crippen LogP contribution < -0.4 is 15.0 Å². The van der Waals surface area contributed by atoms with Crippen molar-refractivity contribution in [1.29, 1.82) is 0 Å². The fourth-order valence-electron chi connectivity index (χ4n) is 3.57. The molecule has 1 aliphatic rings. The first-order valence-electron chi connectivity index (χ1n) is 9.88. The van der Waals surface area contributed by atoms with Gasteiger partial charge in [0.05, 0.1) is 44.8 Å². The highest BCUT2D eigenvalue weighted by molar-refractivity contribution is 5.79. The first-order valence-corrected chi connectivity index (χ1v) is 9.88. The molecule has 3 heterocycles. The van der Waals surface area contributed by atoms with Crippen LogP contribution in [0.25, 0.3) is 11.5 Å². The highest BCUT2D eigenvalue weighted by Gasteiger charge is 2.25. The van der Waals surface area contributed by atoms with Gasteiger partial charge in [-0.05, 0) is 31.0 Å². The van der Waals surface area contributed by atoms with Gasteiger partial charge in [0, 0.05) is 18.3 Å². The van der Waals surface area contributed by atoms with Gasteiger partial charge < -0.3 is 19.4 Å². The molecule has 9 heteroatoms. The van der Waals surface area contributed by atoms with E-state index < -0.39 is 0 Å². The van der Waals surface area contributed by atoms with E-state index in [1.807, 2.05) is 13.0 Å². The molecule has 1 aromatic carbocycles. The van der Waals surface area contributed by atoms with Crippen LogP contribution in [0.15, 0.2) is 35.4 Å². The van der Waals surface area contributed by atoms with Crippen LogP contribution in [0.4, 0.5) is 0 Å². The minimum atomic E-state index is -0.200. The summed E-state index contributed by atoms with van der Waals surface area (Å²) in [5.74, 6) is 1.50. The Morgan fingerprint density at radius 3 is 2.68 bits per heavy atom. The number of carbonyl (C=O) groups is 1. The second-order valence-electron chi connectivity index (χ2n) is 7.31. The minimum Gasteiger partial charge on any atom is -0.493 e. The van der Waals surface area contributed by atoms with Gasteiger partial charge in [0.2, 0.25) is 5.91 Å². The highest BCUT2D eigenvalue weighted by Crippen LogP contribution is 2.28. The number of aromatic amines is 1. The van der Waals surface area contributed by atoms with Crippen LogP contribution in [0.3, 0.4) is 0 Å². The standard InChI is InChI=1S/C22H23N5O4/c1-13-10-24-16(11-23-13)21-25-17-12-27(7-6-15(17)22(29)26-21)20(28)9-14-4-5-18(30-2)19(8-14)31-3/h4-5,8,10-11H,6-7,9,12H2,1-3H3,(H,25,26,29). The molecule has 0 bridgehead atoms. The van der Waals surface area contributed by atoms with E-state index in [1.54, 1.807) is 43.6 Å². The summed E-state index contributed by atoms with van der Waals surface area (Å²) in [5.41, 5.74) is 3.08. The van der Waals surface area contributed by atoms with Gasteiger partial charge >= 0.3 is 0 Å². The molecule has 0 saturated carbocycles. The maximum atomic E-state index is 12.9. The summed E-state index contributed by atoms with van der Waals surface area (Å²) in [6.45, 7) is 2.58. The van der Waals surface area contributed by atoms with Gasteiger partial charge in [-0.25, -0.2) is 9.97 Å². The Kier molecular flexibility index (Phi) is 5.66. The number of nitrogens with one attached hydrogen (secondary N) is 1. The van der Waals surface area contributed by atoms with Crippen LogP contribution in [-0.4, -0.2) is 51.5 Å². The van der Waals surface area contributed by atoms with E-state index in [2.05, 4.69) is 19.9 Å². The Labute approximate surface area is 179 Å². The molecule has 0 fully saturated rings. The van der Waals surface area contributed by atoms with E-state index in [4.69, 9.17) is 9.47 Å². The number of hydrogen-bond donors (Lipinski definition) is 1. The molecule has 2 aromatic heterocycles. The Morgan fingerprint density at radius 2 is 1.97 bits per heavy atom. The fourth-order valence-corrected chi connectivity index (χ4v) is 3.57. The van der Waals surface area contributed by atoms with Crippen LogP contribution in [0, 0.1) is 6.92 Å². The van der Waals surface area contributed by atoms with Gasteiger partial charge in [0.1, 0.15) is 5.69 Å². The molecule has 0 radical (unpaired) electrons. The number of ether oxygens (including phenoxy) is 2. The molecule has 4 rings (SSSR count). The lowest BCUT2D eigenvalue weighted by Gasteiger charge is -2.28. The Bertz CT molecular complexity index is 1170. The second kappa shape index (κ2) is 8.55. The van der Waals surface area contributed by atoms with E-state index in [0.29, 0.717) is 47.2 Å². The number of hydrogen-bond acceptors (Lipinski definition) is 7. The van der Waals surface area contributed by atoms with E-state index >= 15 is 0 Å². The third-order valence-electron chi connectivity index (χ3n) is 5.25. The van der Waals surface area contributed by atoms with Gasteiger partial charge in [-0.1, -0.05) is 6.07 Å². The lowest BCUT2D eigenvalue weighted by molar-refractivity contribution is -0.131. The monoisotopic (exact) mass is 421 g/mol. The lowest BCUT2D eigenvalue weighted by atomic mass is 10.0. The highest BCUT2D eigenvalue weighted by atomic mass is 16.5. The normalized spacial score (nSPS) is 12.9. The SMILES string of the molecule is COc1ccc(CC(=O)N2CCc3c(nc(-c4cnc(C)cn4)[nH]c3=O)C2)cc1OC. The molecule has 3 aromatic rings. The zero-order valence-corrected chi connectivity index (χ0v) is 17.6. The van der Waals surface area contributed by atoms with Gasteiger partial charge in [-0.15, -0.1) is 0 Å². The number of benzene rings is 1. The van der Waals surface area contributed by atoms with Crippen LogP contribution in [0.2, 0.25) is 0 Å². The van der Waals surface area contributed by atoms with Crippen LogP contribution in [0.5, 0.6) is 11.5 Å². The van der Waals surface area contributed by atoms with E-state index in [1.165, 1.54) is 0 Å². The van der Waals surface area contributed by atoms with E-state index in [0.717, 1.165) is 11.3 Å². The lowest BCUT2D eigenvalue weighted by Crippen LogP contribution is -2.40. The molecule has 9 nitrogen and oxygen atoms in total. The number of rotatable bonds is 5. The third kappa shape index (κ3) is 4.25. The van der Waals surface area contributed by atoms with Crippen molar-refractivity contribution >= 4 is 5.91 Å². The Hall–Kier alpha value is -3.75. The number of H-pyrrole nitrogens is 1. The second-order valence-corrected chi connectivity index (χ2v) is 7.31. The first kappa shape index (κ1) is 20.5. The number of methoxy groups -OCH3 is 2. The summed E-state index contributed by atoms with van der Waals surface area (Å²) in [6.07, 6.45) is 3.86. The van der Waals surface area contributed by atoms with Crippen molar-refractivity contribution in [2.75, 3.05) is 20.8 Å². The summed E-state index contributed by atoms with van der Waals surface area (Å²) < 4.78 is 10.6. The summed E-state index contributed by atoms with van der Waals surface area (Å²) in [5, 5.41) is 0. The van der Waals surface area contributed by atoms with Crippen molar-refractivity contribution in [2.45, 2.75) is 26.3 Å². The van der Waals surface area contributed by atoms with Crippen LogP contribution >= 0.6 is 0 Å². The molecule has 1 N–H and O–H groups in total.